The molecule has 4 nitrogen and oxygen atoms in total. The lowest BCUT2D eigenvalue weighted by Gasteiger charge is -2.29. The Hall–Kier alpha value is -3.79. The molecule has 1 aliphatic rings. The van der Waals surface area contributed by atoms with Gasteiger partial charge in [-0.2, -0.15) is 0 Å². The molecule has 0 radical (unpaired) electrons. The summed E-state index contributed by atoms with van der Waals surface area (Å²) in [6, 6.07) is 30.0. The van der Waals surface area contributed by atoms with Crippen molar-refractivity contribution in [3.8, 4) is 0 Å². The van der Waals surface area contributed by atoms with Gasteiger partial charge < -0.3 is 14.7 Å². The van der Waals surface area contributed by atoms with Crippen LogP contribution in [0.25, 0.3) is 0 Å². The van der Waals surface area contributed by atoms with Crippen molar-refractivity contribution in [3.63, 3.8) is 0 Å². The number of fused-ring (bicyclic) bond motifs is 1. The van der Waals surface area contributed by atoms with E-state index in [0.29, 0.717) is 0 Å². The van der Waals surface area contributed by atoms with Crippen LogP contribution < -0.4 is 14.7 Å². The molecular formula is C27H26N4. The minimum absolute atomic E-state index is 0.782. The number of anilines is 6. The molecule has 0 spiro atoms. The Morgan fingerprint density at radius 2 is 1.45 bits per heavy atom. The summed E-state index contributed by atoms with van der Waals surface area (Å²) in [5, 5.41) is 0. The lowest BCUT2D eigenvalue weighted by molar-refractivity contribution is 0.938. The molecule has 4 aromatic rings. The summed E-state index contributed by atoms with van der Waals surface area (Å²) < 4.78 is 0. The first kappa shape index (κ1) is 19.2. The zero-order valence-corrected chi connectivity index (χ0v) is 18.2. The highest BCUT2D eigenvalue weighted by molar-refractivity contribution is 5.84. The molecule has 0 fully saturated rings. The van der Waals surface area contributed by atoms with Crippen LogP contribution in [0.5, 0.6) is 0 Å². The van der Waals surface area contributed by atoms with Gasteiger partial charge in [0.15, 0.2) is 5.82 Å². The van der Waals surface area contributed by atoms with Gasteiger partial charge in [0.2, 0.25) is 0 Å². The van der Waals surface area contributed by atoms with Crippen molar-refractivity contribution < 1.29 is 0 Å². The first-order chi connectivity index (χ1) is 15.1. The highest BCUT2D eigenvalue weighted by Gasteiger charge is 2.26. The highest BCUT2D eigenvalue weighted by Crippen LogP contribution is 2.42. The van der Waals surface area contributed by atoms with Crippen LogP contribution in [0.15, 0.2) is 91.1 Å². The maximum Gasteiger partial charge on any atom is 0.153 e. The fourth-order valence-corrected chi connectivity index (χ4v) is 4.31. The van der Waals surface area contributed by atoms with Gasteiger partial charge in [-0.1, -0.05) is 42.5 Å². The monoisotopic (exact) mass is 406 g/mol. The molecule has 0 saturated heterocycles. The Kier molecular flexibility index (Phi) is 4.83. The van der Waals surface area contributed by atoms with Gasteiger partial charge in [-0.05, 0) is 67.4 Å². The molecule has 0 atom stereocenters. The number of benzene rings is 3. The second kappa shape index (κ2) is 7.80. The molecular weight excluding hydrogens is 380 g/mol. The van der Waals surface area contributed by atoms with Crippen molar-refractivity contribution in [3.05, 3.63) is 102 Å². The van der Waals surface area contributed by atoms with E-state index in [1.807, 2.05) is 12.3 Å². The molecule has 1 aliphatic heterocycles. The summed E-state index contributed by atoms with van der Waals surface area (Å²) in [4.78, 5) is 11.4. The van der Waals surface area contributed by atoms with Crippen molar-refractivity contribution >= 4 is 34.3 Å². The zero-order chi connectivity index (χ0) is 21.4. The predicted octanol–water partition coefficient (Wildman–Crippen LogP) is 6.71. The summed E-state index contributed by atoms with van der Waals surface area (Å²) in [5.74, 6) is 1.02. The fourth-order valence-electron chi connectivity index (χ4n) is 4.31. The molecule has 31 heavy (non-hydrogen) atoms. The van der Waals surface area contributed by atoms with E-state index >= 15 is 0 Å². The van der Waals surface area contributed by atoms with Gasteiger partial charge in [0.05, 0.1) is 12.4 Å². The number of rotatable bonds is 4. The first-order valence-electron chi connectivity index (χ1n) is 10.6. The van der Waals surface area contributed by atoms with E-state index in [-0.39, 0.29) is 0 Å². The van der Waals surface area contributed by atoms with Crippen LogP contribution >= 0.6 is 0 Å². The molecule has 0 amide bonds. The number of hydrogen-bond donors (Lipinski definition) is 0. The molecule has 154 valence electrons. The van der Waals surface area contributed by atoms with Crippen molar-refractivity contribution in [2.75, 3.05) is 28.4 Å². The highest BCUT2D eigenvalue weighted by atomic mass is 15.4. The van der Waals surface area contributed by atoms with Gasteiger partial charge in [-0.15, -0.1) is 0 Å². The van der Waals surface area contributed by atoms with E-state index in [4.69, 9.17) is 0 Å². The third-order valence-electron chi connectivity index (χ3n) is 5.88. The summed E-state index contributed by atoms with van der Waals surface area (Å²) in [6.45, 7) is 5.12. The topological polar surface area (TPSA) is 22.6 Å². The number of para-hydroxylation sites is 2. The average molecular weight is 407 g/mol. The first-order valence-corrected chi connectivity index (χ1v) is 10.6. The van der Waals surface area contributed by atoms with Crippen molar-refractivity contribution in [2.45, 2.75) is 13.8 Å². The summed E-state index contributed by atoms with van der Waals surface area (Å²) >= 11 is 0. The Morgan fingerprint density at radius 3 is 2.13 bits per heavy atom. The molecule has 0 bridgehead atoms. The Bertz CT molecular complexity index is 1190. The van der Waals surface area contributed by atoms with E-state index in [1.54, 1.807) is 0 Å². The Morgan fingerprint density at radius 1 is 0.774 bits per heavy atom. The van der Waals surface area contributed by atoms with Gasteiger partial charge in [-0.3, -0.25) is 0 Å². The standard InChI is InChI=1S/C27H26N4/c1-20-10-4-6-14-24(20)31(25-15-7-5-11-21(25)2)23-13-8-12-22(18-23)30-19-29(3)27-26(30)16-9-17-28-27/h4-18H,19H2,1-3H3. The van der Waals surface area contributed by atoms with Crippen LogP contribution in [-0.2, 0) is 0 Å². The smallest absolute Gasteiger partial charge is 0.153 e. The number of nitrogens with zero attached hydrogens (tertiary/aromatic N) is 4. The predicted molar refractivity (Wildman–Crippen MR) is 130 cm³/mol. The SMILES string of the molecule is Cc1ccccc1N(c1cccc(N2CN(C)c3ncccc32)c1)c1ccccc1C. The Labute approximate surface area is 184 Å². The van der Waals surface area contributed by atoms with E-state index in [0.717, 1.165) is 29.5 Å². The molecule has 0 aliphatic carbocycles. The van der Waals surface area contributed by atoms with Gasteiger partial charge in [0.1, 0.15) is 0 Å². The summed E-state index contributed by atoms with van der Waals surface area (Å²) in [7, 11) is 2.09. The fraction of sp³-hybridized carbons (Fsp3) is 0.148. The zero-order valence-electron chi connectivity index (χ0n) is 18.2. The van der Waals surface area contributed by atoms with Crippen LogP contribution in [-0.4, -0.2) is 18.7 Å². The van der Waals surface area contributed by atoms with Gasteiger partial charge in [-0.25, -0.2) is 4.98 Å². The molecule has 2 heterocycles. The average Bonchev–Trinajstić information content (AvgIpc) is 3.14. The third kappa shape index (κ3) is 3.40. The largest absolute Gasteiger partial charge is 0.340 e. The number of pyridine rings is 1. The van der Waals surface area contributed by atoms with Crippen molar-refractivity contribution in [1.29, 1.82) is 0 Å². The van der Waals surface area contributed by atoms with Crippen LogP contribution in [0.3, 0.4) is 0 Å². The van der Waals surface area contributed by atoms with Crippen molar-refractivity contribution in [1.82, 2.24) is 4.98 Å². The molecule has 0 saturated carbocycles. The van der Waals surface area contributed by atoms with E-state index in [9.17, 15) is 0 Å². The molecule has 0 N–H and O–H groups in total. The lowest BCUT2D eigenvalue weighted by Crippen LogP contribution is -2.24. The van der Waals surface area contributed by atoms with Crippen LogP contribution in [0.4, 0.5) is 34.3 Å². The summed E-state index contributed by atoms with van der Waals surface area (Å²) in [6.07, 6.45) is 1.85. The lowest BCUT2D eigenvalue weighted by atomic mass is 10.1. The normalized spacial score (nSPS) is 12.7. The van der Waals surface area contributed by atoms with Crippen LogP contribution in [0.2, 0.25) is 0 Å². The molecule has 3 aromatic carbocycles. The Balaban J connectivity index is 1.64. The van der Waals surface area contributed by atoms with Gasteiger partial charge in [0, 0.05) is 36.0 Å². The minimum atomic E-state index is 0.782. The van der Waals surface area contributed by atoms with Crippen LogP contribution in [0, 0.1) is 13.8 Å². The molecule has 4 heteroatoms. The quantitative estimate of drug-likeness (QED) is 0.375. The number of aryl methyl sites for hydroxylation is 2. The van der Waals surface area contributed by atoms with E-state index < -0.39 is 0 Å². The summed E-state index contributed by atoms with van der Waals surface area (Å²) in [5.41, 5.74) is 8.30. The number of aromatic nitrogens is 1. The molecule has 5 rings (SSSR count). The molecule has 0 unspecified atom stereocenters. The van der Waals surface area contributed by atoms with Crippen LogP contribution in [0.1, 0.15) is 11.1 Å². The van der Waals surface area contributed by atoms with E-state index in [1.165, 1.54) is 22.5 Å². The van der Waals surface area contributed by atoms with Gasteiger partial charge >= 0.3 is 0 Å². The second-order valence-corrected chi connectivity index (χ2v) is 8.04. The third-order valence-corrected chi connectivity index (χ3v) is 5.88. The molecule has 1 aromatic heterocycles. The van der Waals surface area contributed by atoms with Gasteiger partial charge in [0.25, 0.3) is 0 Å². The maximum absolute atomic E-state index is 4.57. The maximum atomic E-state index is 4.57. The number of hydrogen-bond acceptors (Lipinski definition) is 4. The van der Waals surface area contributed by atoms with Crippen molar-refractivity contribution in [2.24, 2.45) is 0 Å². The second-order valence-electron chi connectivity index (χ2n) is 8.04. The van der Waals surface area contributed by atoms with E-state index in [2.05, 4.69) is 119 Å². The minimum Gasteiger partial charge on any atom is -0.340 e.